The molecule has 0 radical (unpaired) electrons. The first-order chi connectivity index (χ1) is 1.91. The van der Waals surface area contributed by atoms with Gasteiger partial charge in [-0.2, -0.15) is 0 Å². The van der Waals surface area contributed by atoms with Crippen LogP contribution < -0.4 is 59.1 Å². The molecule has 0 aromatic carbocycles. The summed E-state index contributed by atoms with van der Waals surface area (Å²) in [5, 5.41) is 4.16. The van der Waals surface area contributed by atoms with Crippen LogP contribution in [0, 0.1) is 10.5 Å². The van der Waals surface area contributed by atoms with E-state index in [0.717, 1.165) is 0 Å². The van der Waals surface area contributed by atoms with Gasteiger partial charge < -0.3 is 25.3 Å². The summed E-state index contributed by atoms with van der Waals surface area (Å²) in [6.45, 7) is 0. The first kappa shape index (κ1) is 15.7. The molecule has 6 heavy (non-hydrogen) atoms. The van der Waals surface area contributed by atoms with E-state index in [1.54, 1.807) is 0 Å². The molecule has 0 aliphatic rings. The SMILES string of the molecule is [Na+].[Na+].[S-]C#C[S-]. The predicted molar refractivity (Wildman–Crippen MR) is 22.5 cm³/mol. The normalized spacial score (nSPS) is 2.00. The van der Waals surface area contributed by atoms with Gasteiger partial charge in [0.15, 0.2) is 0 Å². The summed E-state index contributed by atoms with van der Waals surface area (Å²) in [6, 6.07) is 0. The van der Waals surface area contributed by atoms with E-state index in [0.29, 0.717) is 0 Å². The first-order valence-electron chi connectivity index (χ1n) is 0.658. The van der Waals surface area contributed by atoms with Gasteiger partial charge in [0.25, 0.3) is 0 Å². The zero-order valence-corrected chi connectivity index (χ0v) is 9.45. The maximum absolute atomic E-state index is 4.09. The minimum absolute atomic E-state index is 0. The van der Waals surface area contributed by atoms with Crippen LogP contribution in [-0.4, -0.2) is 0 Å². The van der Waals surface area contributed by atoms with E-state index in [2.05, 4.69) is 35.8 Å². The third-order valence-corrected chi connectivity index (χ3v) is 0.375. The summed E-state index contributed by atoms with van der Waals surface area (Å²) < 4.78 is 0. The molecule has 22 valence electrons. The van der Waals surface area contributed by atoms with Crippen molar-refractivity contribution in [2.24, 2.45) is 0 Å². The average molecular weight is 134 g/mol. The molecular weight excluding hydrogens is 134 g/mol. The molecule has 0 aromatic rings. The van der Waals surface area contributed by atoms with E-state index in [1.807, 2.05) is 0 Å². The minimum atomic E-state index is 0. The fourth-order valence-corrected chi connectivity index (χ4v) is 0. The molecule has 4 heteroatoms. The van der Waals surface area contributed by atoms with E-state index < -0.39 is 0 Å². The molecule has 0 aliphatic heterocycles. The van der Waals surface area contributed by atoms with Gasteiger partial charge in [-0.3, -0.25) is 10.5 Å². The second-order valence-electron chi connectivity index (χ2n) is 0.204. The van der Waals surface area contributed by atoms with Crippen molar-refractivity contribution in [3.8, 4) is 10.5 Å². The molecule has 0 amide bonds. The fourth-order valence-electron chi connectivity index (χ4n) is 0. The van der Waals surface area contributed by atoms with Crippen molar-refractivity contribution < 1.29 is 59.1 Å². The Bertz CT molecular complexity index is 46.3. The summed E-state index contributed by atoms with van der Waals surface area (Å²) >= 11 is 8.18. The van der Waals surface area contributed by atoms with Crippen molar-refractivity contribution in [1.82, 2.24) is 0 Å². The van der Waals surface area contributed by atoms with E-state index in [1.165, 1.54) is 0 Å². The Kier molecular flexibility index (Phi) is 41.2. The van der Waals surface area contributed by atoms with Crippen LogP contribution in [0.15, 0.2) is 0 Å². The third-order valence-electron chi connectivity index (χ3n) is 0.0417. The van der Waals surface area contributed by atoms with Crippen molar-refractivity contribution in [3.05, 3.63) is 0 Å². The second kappa shape index (κ2) is 15.8. The van der Waals surface area contributed by atoms with Gasteiger partial charge in [0.2, 0.25) is 0 Å². The Morgan fingerprint density at radius 3 is 1.00 bits per heavy atom. The monoisotopic (exact) mass is 134 g/mol. The maximum Gasteiger partial charge on any atom is 1.00 e. The van der Waals surface area contributed by atoms with Gasteiger partial charge in [0.05, 0.1) is 0 Å². The Balaban J connectivity index is -0.0000000450. The van der Waals surface area contributed by atoms with Gasteiger partial charge >= 0.3 is 59.1 Å². The summed E-state index contributed by atoms with van der Waals surface area (Å²) in [5.74, 6) is 0. The van der Waals surface area contributed by atoms with Crippen molar-refractivity contribution in [1.29, 1.82) is 0 Å². The van der Waals surface area contributed by atoms with Gasteiger partial charge in [-0.15, -0.1) is 0 Å². The van der Waals surface area contributed by atoms with Crippen LogP contribution >= 0.6 is 0 Å². The van der Waals surface area contributed by atoms with Crippen molar-refractivity contribution in [3.63, 3.8) is 0 Å². The third kappa shape index (κ3) is 16.7. The second-order valence-corrected chi connectivity index (χ2v) is 0.612. The largest absolute Gasteiger partial charge is 1.00 e. The molecular formula is C2Na2S2. The van der Waals surface area contributed by atoms with E-state index in [-0.39, 0.29) is 59.1 Å². The average Bonchev–Trinajstić information content (AvgIpc) is 1.37. The number of hydrogen-bond acceptors (Lipinski definition) is 2. The molecule has 0 fully saturated rings. The Labute approximate surface area is 93.2 Å². The molecule has 0 unspecified atom stereocenters. The number of hydrogen-bond donors (Lipinski definition) is 0. The van der Waals surface area contributed by atoms with Crippen molar-refractivity contribution in [2.75, 3.05) is 0 Å². The van der Waals surface area contributed by atoms with Gasteiger partial charge in [-0.05, 0) is 0 Å². The molecule has 0 heterocycles. The van der Waals surface area contributed by atoms with Crippen molar-refractivity contribution >= 4 is 25.3 Å². The minimum Gasteiger partial charge on any atom is -0.727 e. The molecule has 0 atom stereocenters. The summed E-state index contributed by atoms with van der Waals surface area (Å²) in [4.78, 5) is 0. The molecule has 0 aromatic heterocycles. The Morgan fingerprint density at radius 1 is 0.833 bits per heavy atom. The predicted octanol–water partition coefficient (Wildman–Crippen LogP) is -5.99. The van der Waals surface area contributed by atoms with Crippen molar-refractivity contribution in [2.45, 2.75) is 0 Å². The van der Waals surface area contributed by atoms with E-state index >= 15 is 0 Å². The Hall–Kier alpha value is 2.00. The zero-order chi connectivity index (χ0) is 3.41. The molecule has 0 bridgehead atoms. The first-order valence-corrected chi connectivity index (χ1v) is 1.47. The smallest absolute Gasteiger partial charge is 0.727 e. The fraction of sp³-hybridized carbons (Fsp3) is 0. The van der Waals surface area contributed by atoms with Gasteiger partial charge in [0.1, 0.15) is 0 Å². The van der Waals surface area contributed by atoms with Crippen LogP contribution in [0.4, 0.5) is 0 Å². The van der Waals surface area contributed by atoms with Gasteiger partial charge in [-0.1, -0.05) is 0 Å². The molecule has 0 aliphatic carbocycles. The van der Waals surface area contributed by atoms with Crippen LogP contribution in [-0.2, 0) is 25.3 Å². The molecule has 0 saturated heterocycles. The quantitative estimate of drug-likeness (QED) is 0.184. The zero-order valence-electron chi connectivity index (χ0n) is 3.82. The van der Waals surface area contributed by atoms with Gasteiger partial charge in [-0.25, -0.2) is 0 Å². The topological polar surface area (TPSA) is 0 Å². The summed E-state index contributed by atoms with van der Waals surface area (Å²) in [7, 11) is 0. The molecule has 0 N–H and O–H groups in total. The van der Waals surface area contributed by atoms with E-state index in [9.17, 15) is 0 Å². The van der Waals surface area contributed by atoms with Gasteiger partial charge in [0, 0.05) is 0 Å². The number of rotatable bonds is 0. The Morgan fingerprint density at radius 2 is 1.00 bits per heavy atom. The molecule has 0 spiro atoms. The van der Waals surface area contributed by atoms with Crippen LogP contribution in [0.5, 0.6) is 0 Å². The standard InChI is InChI=1S/C2H2S2.2Na/c3-1-2-4;;/h3-4H;;/q;2*+1/p-2. The summed E-state index contributed by atoms with van der Waals surface area (Å²) in [5.41, 5.74) is 0. The molecule has 0 saturated carbocycles. The van der Waals surface area contributed by atoms with Crippen LogP contribution in [0.3, 0.4) is 0 Å². The van der Waals surface area contributed by atoms with Crippen LogP contribution in [0.25, 0.3) is 0 Å². The van der Waals surface area contributed by atoms with Crippen LogP contribution in [0.1, 0.15) is 0 Å². The summed E-state index contributed by atoms with van der Waals surface area (Å²) in [6.07, 6.45) is 0. The van der Waals surface area contributed by atoms with E-state index in [4.69, 9.17) is 0 Å². The molecule has 0 nitrogen and oxygen atoms in total. The maximum atomic E-state index is 4.09. The molecule has 0 rings (SSSR count). The van der Waals surface area contributed by atoms with Crippen LogP contribution in [0.2, 0.25) is 0 Å².